The van der Waals surface area contributed by atoms with Crippen LogP contribution in [0.15, 0.2) is 36.8 Å². The van der Waals surface area contributed by atoms with E-state index in [1.54, 1.807) is 24.0 Å². The van der Waals surface area contributed by atoms with E-state index in [-0.39, 0.29) is 11.3 Å². The number of fused-ring (bicyclic) bond motifs is 1. The van der Waals surface area contributed by atoms with Crippen LogP contribution in [0.4, 0.5) is 0 Å². The quantitative estimate of drug-likeness (QED) is 0.877. The summed E-state index contributed by atoms with van der Waals surface area (Å²) in [6, 6.07) is 5.76. The normalized spacial score (nSPS) is 18.0. The molecule has 0 radical (unpaired) electrons. The molecule has 1 atom stereocenters. The highest BCUT2D eigenvalue weighted by atomic mass is 32.2. The number of hydrogen-bond acceptors (Lipinski definition) is 3. The average molecular weight is 245 g/mol. The van der Waals surface area contributed by atoms with E-state index in [1.165, 1.54) is 0 Å². The Balaban J connectivity index is 2.03. The number of nitrogens with zero attached hydrogens (tertiary/aromatic N) is 2. The molecule has 0 aliphatic carbocycles. The number of carbonyl (C=O) groups excluding carboxylic acids is 1. The van der Waals surface area contributed by atoms with Crippen molar-refractivity contribution in [1.82, 2.24) is 9.55 Å². The molecule has 0 fully saturated rings. The first kappa shape index (κ1) is 10.4. The van der Waals surface area contributed by atoms with Crippen LogP contribution in [0.3, 0.4) is 0 Å². The monoisotopic (exact) mass is 245 g/mol. The molecule has 1 aliphatic heterocycles. The average Bonchev–Trinajstić information content (AvgIpc) is 2.89. The Labute approximate surface area is 103 Å². The number of amides is 1. The van der Waals surface area contributed by atoms with Crippen LogP contribution in [-0.4, -0.2) is 15.5 Å². The fraction of sp³-hybridized carbons (Fsp3) is 0.167. The molecule has 17 heavy (non-hydrogen) atoms. The van der Waals surface area contributed by atoms with Gasteiger partial charge in [0.05, 0.1) is 5.56 Å². The maximum Gasteiger partial charge on any atom is 0.250 e. The Morgan fingerprint density at radius 1 is 1.53 bits per heavy atom. The molecule has 0 spiro atoms. The first-order valence-corrected chi connectivity index (χ1v) is 6.33. The number of pyridine rings is 1. The summed E-state index contributed by atoms with van der Waals surface area (Å²) in [6.07, 6.45) is 5.54. The maximum atomic E-state index is 11.3. The van der Waals surface area contributed by atoms with Gasteiger partial charge in [-0.1, -0.05) is 6.07 Å². The second kappa shape index (κ2) is 3.92. The Kier molecular flexibility index (Phi) is 2.40. The summed E-state index contributed by atoms with van der Waals surface area (Å²) in [5.74, 6) is 0.455. The predicted molar refractivity (Wildman–Crippen MR) is 66.6 cm³/mol. The molecule has 86 valence electrons. The van der Waals surface area contributed by atoms with Crippen LogP contribution >= 0.6 is 11.8 Å². The molecule has 1 amide bonds. The summed E-state index contributed by atoms with van der Waals surface area (Å²) in [5, 5.41) is 0.201. The molecule has 2 aromatic rings. The summed E-state index contributed by atoms with van der Waals surface area (Å²) in [6.45, 7) is 0. The van der Waals surface area contributed by atoms with E-state index in [0.717, 1.165) is 17.0 Å². The van der Waals surface area contributed by atoms with E-state index >= 15 is 0 Å². The van der Waals surface area contributed by atoms with E-state index in [4.69, 9.17) is 5.73 Å². The molecule has 0 unspecified atom stereocenters. The molecular formula is C12H11N3OS. The van der Waals surface area contributed by atoms with Gasteiger partial charge in [0.15, 0.2) is 0 Å². The highest BCUT2D eigenvalue weighted by Gasteiger charge is 2.27. The largest absolute Gasteiger partial charge is 0.366 e. The van der Waals surface area contributed by atoms with E-state index in [2.05, 4.69) is 9.55 Å². The molecule has 1 aliphatic rings. The lowest BCUT2D eigenvalue weighted by Gasteiger charge is -2.11. The molecule has 2 N–H and O–H groups in total. The van der Waals surface area contributed by atoms with Gasteiger partial charge in [-0.25, -0.2) is 0 Å². The summed E-state index contributed by atoms with van der Waals surface area (Å²) >= 11 is 1.78. The number of aromatic nitrogens is 2. The fourth-order valence-corrected chi connectivity index (χ4v) is 3.40. The Hall–Kier alpha value is -1.75. The molecule has 0 saturated carbocycles. The van der Waals surface area contributed by atoms with Crippen molar-refractivity contribution in [3.05, 3.63) is 53.6 Å². The van der Waals surface area contributed by atoms with Gasteiger partial charge < -0.3 is 10.3 Å². The van der Waals surface area contributed by atoms with Crippen molar-refractivity contribution < 1.29 is 4.79 Å². The molecule has 5 heteroatoms. The van der Waals surface area contributed by atoms with E-state index in [9.17, 15) is 4.79 Å². The van der Waals surface area contributed by atoms with Gasteiger partial charge in [-0.15, -0.1) is 11.8 Å². The Morgan fingerprint density at radius 2 is 2.41 bits per heavy atom. The van der Waals surface area contributed by atoms with Gasteiger partial charge in [0, 0.05) is 35.6 Å². The van der Waals surface area contributed by atoms with Gasteiger partial charge in [-0.3, -0.25) is 9.78 Å². The van der Waals surface area contributed by atoms with Crippen LogP contribution in [0.1, 0.15) is 27.0 Å². The maximum absolute atomic E-state index is 11.3. The van der Waals surface area contributed by atoms with Crippen molar-refractivity contribution in [2.45, 2.75) is 11.1 Å². The summed E-state index contributed by atoms with van der Waals surface area (Å²) in [4.78, 5) is 15.4. The van der Waals surface area contributed by atoms with Gasteiger partial charge in [0.2, 0.25) is 0 Å². The van der Waals surface area contributed by atoms with Crippen LogP contribution in [0.5, 0.6) is 0 Å². The predicted octanol–water partition coefficient (Wildman–Crippen LogP) is 1.78. The first-order chi connectivity index (χ1) is 8.27. The van der Waals surface area contributed by atoms with Gasteiger partial charge in [-0.2, -0.15) is 0 Å². The van der Waals surface area contributed by atoms with Crippen molar-refractivity contribution in [2.75, 3.05) is 0 Å². The first-order valence-electron chi connectivity index (χ1n) is 5.28. The number of nitrogens with two attached hydrogens (primary N) is 1. The molecule has 0 aromatic carbocycles. The standard InChI is InChI=1S/C12H11N3OS/c13-11(16)9-3-5-15-10(9)7-17-12(15)8-2-1-4-14-6-8/h1-6,12H,7H2,(H2,13,16)/t12-/m0/s1. The zero-order chi connectivity index (χ0) is 11.8. The van der Waals surface area contributed by atoms with E-state index < -0.39 is 0 Å². The Morgan fingerprint density at radius 3 is 3.12 bits per heavy atom. The zero-order valence-corrected chi connectivity index (χ0v) is 9.85. The third kappa shape index (κ3) is 1.63. The van der Waals surface area contributed by atoms with Crippen molar-refractivity contribution in [3.8, 4) is 0 Å². The summed E-state index contributed by atoms with van der Waals surface area (Å²) < 4.78 is 2.10. The van der Waals surface area contributed by atoms with Crippen LogP contribution in [0, 0.1) is 0 Å². The van der Waals surface area contributed by atoms with Crippen LogP contribution in [0.2, 0.25) is 0 Å². The van der Waals surface area contributed by atoms with Crippen LogP contribution in [0.25, 0.3) is 0 Å². The highest BCUT2D eigenvalue weighted by molar-refractivity contribution is 7.99. The molecule has 3 rings (SSSR count). The topological polar surface area (TPSA) is 60.9 Å². The van der Waals surface area contributed by atoms with Gasteiger partial charge in [0.1, 0.15) is 5.37 Å². The molecule has 0 bridgehead atoms. The molecule has 2 aromatic heterocycles. The minimum absolute atomic E-state index is 0.201. The number of rotatable bonds is 2. The zero-order valence-electron chi connectivity index (χ0n) is 9.04. The Bertz CT molecular complexity index is 564. The van der Waals surface area contributed by atoms with Crippen molar-refractivity contribution in [1.29, 1.82) is 0 Å². The van der Waals surface area contributed by atoms with E-state index in [1.807, 2.05) is 24.5 Å². The number of thioether (sulfide) groups is 1. The van der Waals surface area contributed by atoms with Crippen molar-refractivity contribution in [3.63, 3.8) is 0 Å². The van der Waals surface area contributed by atoms with Crippen molar-refractivity contribution in [2.24, 2.45) is 5.73 Å². The lowest BCUT2D eigenvalue weighted by atomic mass is 10.2. The molecule has 0 saturated heterocycles. The molecule has 3 heterocycles. The third-order valence-electron chi connectivity index (χ3n) is 2.89. The minimum Gasteiger partial charge on any atom is -0.366 e. The molecular weight excluding hydrogens is 234 g/mol. The number of primary amides is 1. The second-order valence-electron chi connectivity index (χ2n) is 3.90. The smallest absolute Gasteiger partial charge is 0.250 e. The summed E-state index contributed by atoms with van der Waals surface area (Å²) in [5.41, 5.74) is 8.12. The summed E-state index contributed by atoms with van der Waals surface area (Å²) in [7, 11) is 0. The lowest BCUT2D eigenvalue weighted by molar-refractivity contribution is 0.0999. The second-order valence-corrected chi connectivity index (χ2v) is 4.97. The van der Waals surface area contributed by atoms with Gasteiger partial charge in [-0.05, 0) is 12.1 Å². The minimum atomic E-state index is -0.355. The fourth-order valence-electron chi connectivity index (χ4n) is 2.09. The third-order valence-corrected chi connectivity index (χ3v) is 4.15. The lowest BCUT2D eigenvalue weighted by Crippen LogP contribution is -2.12. The van der Waals surface area contributed by atoms with Crippen LogP contribution in [-0.2, 0) is 5.75 Å². The van der Waals surface area contributed by atoms with Crippen LogP contribution < -0.4 is 5.73 Å². The molecule has 4 nitrogen and oxygen atoms in total. The van der Waals surface area contributed by atoms with Gasteiger partial charge in [0.25, 0.3) is 5.91 Å². The van der Waals surface area contributed by atoms with E-state index in [0.29, 0.717) is 5.56 Å². The van der Waals surface area contributed by atoms with Crippen molar-refractivity contribution >= 4 is 17.7 Å². The number of carbonyl (C=O) groups is 1. The number of hydrogen-bond donors (Lipinski definition) is 1. The highest BCUT2D eigenvalue weighted by Crippen LogP contribution is 2.41. The SMILES string of the molecule is NC(=O)c1ccn2c1CS[C@H]2c1cccnc1. The van der Waals surface area contributed by atoms with Gasteiger partial charge >= 0.3 is 0 Å².